The van der Waals surface area contributed by atoms with Crippen LogP contribution in [0.25, 0.3) is 38.8 Å². The lowest BCUT2D eigenvalue weighted by Crippen LogP contribution is -2.23. The molecule has 6 aromatic rings. The van der Waals surface area contributed by atoms with E-state index >= 15 is 0 Å². The Hall–Kier alpha value is -4.37. The van der Waals surface area contributed by atoms with Gasteiger partial charge in [0.25, 0.3) is 5.56 Å². The number of hydrogen-bond donors (Lipinski definition) is 1. The lowest BCUT2D eigenvalue weighted by molar-refractivity contribution is 0.181. The van der Waals surface area contributed by atoms with Gasteiger partial charge in [0.2, 0.25) is 0 Å². The number of nitrogens with one attached hydrogen (secondary N) is 1. The zero-order chi connectivity index (χ0) is 23.1. The third kappa shape index (κ3) is 3.25. The van der Waals surface area contributed by atoms with Crippen LogP contribution in [0.4, 0.5) is 0 Å². The van der Waals surface area contributed by atoms with Gasteiger partial charge in [-0.3, -0.25) is 9.36 Å². The zero-order valence-corrected chi connectivity index (χ0v) is 18.5. The standard InChI is InChI=1S/C25H21N7O2/c1-34-14-20-21(16-7-3-2-4-8-16)23-29-28-22-24(32(23)30-20)27-15-31(25(22)33)12-11-17-13-26-19-10-6-5-9-18(17)19/h2-10,13,15,26H,11-12,14H2,1H3. The summed E-state index contributed by atoms with van der Waals surface area (Å²) in [6.45, 7) is 0.781. The molecule has 2 aromatic carbocycles. The number of aromatic nitrogens is 7. The van der Waals surface area contributed by atoms with Gasteiger partial charge in [-0.1, -0.05) is 48.5 Å². The molecule has 9 nitrogen and oxygen atoms in total. The monoisotopic (exact) mass is 451 g/mol. The first-order valence-corrected chi connectivity index (χ1v) is 11.0. The Kier molecular flexibility index (Phi) is 4.88. The van der Waals surface area contributed by atoms with E-state index in [2.05, 4.69) is 31.3 Å². The van der Waals surface area contributed by atoms with Gasteiger partial charge in [0.1, 0.15) is 6.33 Å². The van der Waals surface area contributed by atoms with Crippen molar-refractivity contribution in [3.63, 3.8) is 0 Å². The molecule has 9 heteroatoms. The Morgan fingerprint density at radius 2 is 1.82 bits per heavy atom. The van der Waals surface area contributed by atoms with Crippen LogP contribution in [-0.4, -0.2) is 41.5 Å². The molecular formula is C25H21N7O2. The maximum Gasteiger partial charge on any atom is 0.283 e. The number of fused-ring (bicyclic) bond motifs is 4. The fourth-order valence-electron chi connectivity index (χ4n) is 4.38. The van der Waals surface area contributed by atoms with Crippen molar-refractivity contribution >= 4 is 27.7 Å². The number of para-hydroxylation sites is 1. The lowest BCUT2D eigenvalue weighted by atomic mass is 10.1. The third-order valence-corrected chi connectivity index (χ3v) is 6.01. The molecule has 34 heavy (non-hydrogen) atoms. The molecule has 0 unspecified atom stereocenters. The highest BCUT2D eigenvalue weighted by Gasteiger charge is 2.20. The number of benzene rings is 2. The van der Waals surface area contributed by atoms with Crippen LogP contribution >= 0.6 is 0 Å². The number of aromatic amines is 1. The molecule has 0 amide bonds. The van der Waals surface area contributed by atoms with Gasteiger partial charge in [0, 0.05) is 30.8 Å². The molecule has 0 spiro atoms. The molecule has 0 bridgehead atoms. The number of methoxy groups -OCH3 is 1. The lowest BCUT2D eigenvalue weighted by Gasteiger charge is -2.06. The molecule has 0 atom stereocenters. The Balaban J connectivity index is 1.42. The molecule has 0 aliphatic rings. The number of H-pyrrole nitrogens is 1. The first-order valence-electron chi connectivity index (χ1n) is 11.0. The van der Waals surface area contributed by atoms with E-state index in [0.29, 0.717) is 36.6 Å². The van der Waals surface area contributed by atoms with Crippen molar-refractivity contribution in [2.45, 2.75) is 19.6 Å². The van der Waals surface area contributed by atoms with Gasteiger partial charge in [0.15, 0.2) is 16.8 Å². The minimum absolute atomic E-state index is 0.181. The predicted molar refractivity (Wildman–Crippen MR) is 128 cm³/mol. The Labute approximate surface area is 193 Å². The third-order valence-electron chi connectivity index (χ3n) is 6.01. The van der Waals surface area contributed by atoms with E-state index in [0.717, 1.165) is 27.6 Å². The van der Waals surface area contributed by atoms with Gasteiger partial charge in [-0.05, 0) is 23.6 Å². The van der Waals surface area contributed by atoms with Gasteiger partial charge in [-0.15, -0.1) is 10.2 Å². The maximum atomic E-state index is 13.2. The fraction of sp³-hybridized carbons (Fsp3) is 0.160. The van der Waals surface area contributed by atoms with E-state index in [1.165, 1.54) is 0 Å². The Morgan fingerprint density at radius 1 is 1.00 bits per heavy atom. The van der Waals surface area contributed by atoms with Crippen molar-refractivity contribution in [1.82, 2.24) is 34.3 Å². The summed E-state index contributed by atoms with van der Waals surface area (Å²) in [6, 6.07) is 17.9. The molecule has 0 radical (unpaired) electrons. The molecular weight excluding hydrogens is 430 g/mol. The molecule has 6 rings (SSSR count). The summed E-state index contributed by atoms with van der Waals surface area (Å²) in [7, 11) is 1.62. The highest BCUT2D eigenvalue weighted by molar-refractivity contribution is 5.84. The average Bonchev–Trinajstić information content (AvgIpc) is 3.46. The van der Waals surface area contributed by atoms with E-state index in [-0.39, 0.29) is 11.1 Å². The first kappa shape index (κ1) is 20.3. The molecule has 0 aliphatic heterocycles. The summed E-state index contributed by atoms with van der Waals surface area (Å²) in [5.41, 5.74) is 5.55. The highest BCUT2D eigenvalue weighted by Crippen LogP contribution is 2.28. The molecule has 168 valence electrons. The van der Waals surface area contributed by atoms with Crippen molar-refractivity contribution in [3.05, 3.63) is 88.7 Å². The second-order valence-corrected chi connectivity index (χ2v) is 8.08. The van der Waals surface area contributed by atoms with Crippen LogP contribution in [0.15, 0.2) is 71.9 Å². The van der Waals surface area contributed by atoms with Gasteiger partial charge in [-0.2, -0.15) is 9.61 Å². The van der Waals surface area contributed by atoms with Crippen molar-refractivity contribution in [1.29, 1.82) is 0 Å². The van der Waals surface area contributed by atoms with Crippen LogP contribution in [0.1, 0.15) is 11.3 Å². The van der Waals surface area contributed by atoms with Gasteiger partial charge in [-0.25, -0.2) is 4.98 Å². The molecule has 0 saturated carbocycles. The van der Waals surface area contributed by atoms with Crippen LogP contribution in [0.5, 0.6) is 0 Å². The van der Waals surface area contributed by atoms with Gasteiger partial charge < -0.3 is 9.72 Å². The summed E-state index contributed by atoms with van der Waals surface area (Å²) in [6.07, 6.45) is 4.23. The summed E-state index contributed by atoms with van der Waals surface area (Å²) in [5.74, 6) is 0. The zero-order valence-electron chi connectivity index (χ0n) is 18.5. The molecule has 4 heterocycles. The number of hydrogen-bond acceptors (Lipinski definition) is 6. The van der Waals surface area contributed by atoms with Crippen LogP contribution in [0.3, 0.4) is 0 Å². The minimum atomic E-state index is -0.246. The fourth-order valence-corrected chi connectivity index (χ4v) is 4.38. The largest absolute Gasteiger partial charge is 0.378 e. The van der Waals surface area contributed by atoms with E-state index < -0.39 is 0 Å². The van der Waals surface area contributed by atoms with E-state index in [1.807, 2.05) is 54.7 Å². The second kappa shape index (κ2) is 8.20. The SMILES string of the molecule is COCc1nn2c(nnc3c(=O)n(CCc4c[nH]c5ccccc45)cnc32)c1-c1ccccc1. The molecule has 1 N–H and O–H groups in total. The van der Waals surface area contributed by atoms with Gasteiger partial charge >= 0.3 is 0 Å². The van der Waals surface area contributed by atoms with Crippen LogP contribution in [0.2, 0.25) is 0 Å². The molecule has 0 saturated heterocycles. The van der Waals surface area contributed by atoms with Crippen molar-refractivity contribution < 1.29 is 4.74 Å². The minimum Gasteiger partial charge on any atom is -0.378 e. The summed E-state index contributed by atoms with van der Waals surface area (Å²) >= 11 is 0. The topological polar surface area (TPSA) is 103 Å². The van der Waals surface area contributed by atoms with Crippen LogP contribution in [0, 0.1) is 0 Å². The Morgan fingerprint density at radius 3 is 2.68 bits per heavy atom. The second-order valence-electron chi connectivity index (χ2n) is 8.08. The number of aryl methyl sites for hydroxylation is 2. The van der Waals surface area contributed by atoms with Crippen LogP contribution in [-0.2, 0) is 24.3 Å². The van der Waals surface area contributed by atoms with Crippen molar-refractivity contribution in [2.24, 2.45) is 0 Å². The number of ether oxygens (including phenoxy) is 1. The molecule has 0 aliphatic carbocycles. The number of nitrogens with zero attached hydrogens (tertiary/aromatic N) is 6. The number of rotatable bonds is 6. The van der Waals surface area contributed by atoms with Crippen molar-refractivity contribution in [2.75, 3.05) is 7.11 Å². The molecule has 0 fully saturated rings. The Bertz CT molecular complexity index is 1700. The van der Waals surface area contributed by atoms with E-state index in [9.17, 15) is 4.79 Å². The summed E-state index contributed by atoms with van der Waals surface area (Å²) in [5, 5.41) is 14.5. The first-order chi connectivity index (χ1) is 16.7. The van der Waals surface area contributed by atoms with Crippen molar-refractivity contribution in [3.8, 4) is 11.1 Å². The highest BCUT2D eigenvalue weighted by atomic mass is 16.5. The summed E-state index contributed by atoms with van der Waals surface area (Å²) < 4.78 is 8.52. The molecule has 4 aromatic heterocycles. The summed E-state index contributed by atoms with van der Waals surface area (Å²) in [4.78, 5) is 21.1. The smallest absolute Gasteiger partial charge is 0.283 e. The van der Waals surface area contributed by atoms with Crippen LogP contribution < -0.4 is 5.56 Å². The average molecular weight is 451 g/mol. The maximum absolute atomic E-state index is 13.2. The van der Waals surface area contributed by atoms with E-state index in [1.54, 1.807) is 22.5 Å². The quantitative estimate of drug-likeness (QED) is 0.417. The normalized spacial score (nSPS) is 11.7. The van der Waals surface area contributed by atoms with Gasteiger partial charge in [0.05, 0.1) is 17.9 Å². The predicted octanol–water partition coefficient (Wildman–Crippen LogP) is 3.37. The van der Waals surface area contributed by atoms with E-state index in [4.69, 9.17) is 4.74 Å².